The average molecular weight is 727 g/mol. The minimum atomic E-state index is -0.588. The fourth-order valence-electron chi connectivity index (χ4n) is 6.35. The summed E-state index contributed by atoms with van der Waals surface area (Å²) in [5.41, 5.74) is 0. The molecule has 0 aliphatic rings. The summed E-state index contributed by atoms with van der Waals surface area (Å²) in [6.45, 7) is 5.15. The molecule has 302 valence electrons. The summed E-state index contributed by atoms with van der Waals surface area (Å²) in [4.78, 5) is 12.1. The van der Waals surface area contributed by atoms with Crippen molar-refractivity contribution in [1.29, 1.82) is 0 Å². The summed E-state index contributed by atoms with van der Waals surface area (Å²) < 4.78 is 11.1. The van der Waals surface area contributed by atoms with E-state index in [9.17, 15) is 9.90 Å². The minimum absolute atomic E-state index is 0.211. The Hall–Kier alpha value is -1.91. The van der Waals surface area contributed by atoms with Gasteiger partial charge in [0.2, 0.25) is 0 Å². The molecule has 0 rings (SSSR count). The lowest BCUT2D eigenvalue weighted by Gasteiger charge is -2.15. The summed E-state index contributed by atoms with van der Waals surface area (Å²) in [6.07, 6.45) is 60.4. The third-order valence-corrected chi connectivity index (χ3v) is 9.64. The Balaban J connectivity index is 3.45. The van der Waals surface area contributed by atoms with Crippen molar-refractivity contribution in [3.63, 3.8) is 0 Å². The van der Waals surface area contributed by atoms with Crippen molar-refractivity contribution < 1.29 is 19.4 Å². The molecule has 0 aliphatic heterocycles. The summed E-state index contributed by atoms with van der Waals surface area (Å²) in [5, 5.41) is 9.58. The van der Waals surface area contributed by atoms with E-state index in [2.05, 4.69) is 62.5 Å². The highest BCUT2D eigenvalue weighted by Crippen LogP contribution is 2.16. The first kappa shape index (κ1) is 50.1. The maximum Gasteiger partial charge on any atom is 0.310 e. The van der Waals surface area contributed by atoms with E-state index in [1.54, 1.807) is 0 Å². The van der Waals surface area contributed by atoms with E-state index < -0.39 is 6.10 Å². The number of aliphatic hydroxyl groups excluding tert-OH is 1. The van der Waals surface area contributed by atoms with Gasteiger partial charge in [-0.05, 0) is 38.5 Å². The molecular formula is C48H86O4. The van der Waals surface area contributed by atoms with Crippen molar-refractivity contribution in [3.05, 3.63) is 60.8 Å². The molecule has 0 bridgehead atoms. The highest BCUT2D eigenvalue weighted by Gasteiger charge is 2.12. The molecule has 0 spiro atoms. The topological polar surface area (TPSA) is 55.8 Å². The molecule has 0 radical (unpaired) electrons. The number of ether oxygens (including phenoxy) is 2. The molecule has 0 saturated heterocycles. The molecule has 0 heterocycles. The largest absolute Gasteiger partial charge is 0.457 e. The summed E-state index contributed by atoms with van der Waals surface area (Å²) in [6, 6.07) is 0. The van der Waals surface area contributed by atoms with Gasteiger partial charge in [-0.3, -0.25) is 4.79 Å². The van der Waals surface area contributed by atoms with E-state index in [0.29, 0.717) is 6.61 Å². The van der Waals surface area contributed by atoms with Gasteiger partial charge in [-0.2, -0.15) is 0 Å². The Morgan fingerprint density at radius 1 is 0.462 bits per heavy atom. The van der Waals surface area contributed by atoms with Crippen LogP contribution in [-0.4, -0.2) is 37.0 Å². The van der Waals surface area contributed by atoms with Gasteiger partial charge in [0.15, 0.2) is 0 Å². The van der Waals surface area contributed by atoms with Crippen molar-refractivity contribution in [2.24, 2.45) is 0 Å². The van der Waals surface area contributed by atoms with Crippen LogP contribution in [0, 0.1) is 0 Å². The van der Waals surface area contributed by atoms with Crippen LogP contribution in [0.3, 0.4) is 0 Å². The van der Waals surface area contributed by atoms with Crippen LogP contribution < -0.4 is 0 Å². The van der Waals surface area contributed by atoms with Gasteiger partial charge in [-0.25, -0.2) is 0 Å². The zero-order valence-corrected chi connectivity index (χ0v) is 34.6. The normalized spacial score (nSPS) is 12.9. The second-order valence-electron chi connectivity index (χ2n) is 14.8. The summed E-state index contributed by atoms with van der Waals surface area (Å²) >= 11 is 0. The maximum absolute atomic E-state index is 12.1. The zero-order chi connectivity index (χ0) is 37.7. The molecule has 52 heavy (non-hydrogen) atoms. The third kappa shape index (κ3) is 42.5. The predicted molar refractivity (Wildman–Crippen MR) is 228 cm³/mol. The predicted octanol–water partition coefficient (Wildman–Crippen LogP) is 14.8. The second-order valence-corrected chi connectivity index (χ2v) is 14.8. The minimum Gasteiger partial charge on any atom is -0.457 e. The van der Waals surface area contributed by atoms with Crippen molar-refractivity contribution >= 4 is 5.97 Å². The Bertz CT molecular complexity index is 854. The quantitative estimate of drug-likeness (QED) is 0.0387. The molecule has 0 aromatic heterocycles. The molecule has 0 aromatic rings. The van der Waals surface area contributed by atoms with Crippen LogP contribution in [0.4, 0.5) is 0 Å². The van der Waals surface area contributed by atoms with Crippen LogP contribution in [0.15, 0.2) is 60.8 Å². The Morgan fingerprint density at radius 3 is 1.13 bits per heavy atom. The molecule has 0 aromatic carbocycles. The van der Waals surface area contributed by atoms with E-state index in [4.69, 9.17) is 9.47 Å². The van der Waals surface area contributed by atoms with E-state index in [1.165, 1.54) is 154 Å². The van der Waals surface area contributed by atoms with Crippen molar-refractivity contribution in [1.82, 2.24) is 0 Å². The second kappa shape index (κ2) is 45.2. The number of rotatable bonds is 41. The molecule has 1 unspecified atom stereocenters. The standard InChI is InChI=1S/C48H86O4/c1-3-5-7-9-11-13-15-17-19-20-21-22-23-24-25-26-27-28-30-32-34-36-38-40-42-44-51-46-47(45-49)52-48(50)43-41-39-37-35-33-31-29-18-16-14-12-10-8-6-4-2/h6,8,12,14,18,29,33,35,39,41,47,49H,3-5,7,9-11,13,15-17,19-28,30-32,34,36-38,40,42-46H2,1-2H3/b8-6-,14-12-,29-18-,35-33-,41-39-. The van der Waals surface area contributed by atoms with E-state index in [0.717, 1.165) is 38.5 Å². The van der Waals surface area contributed by atoms with Crippen molar-refractivity contribution in [2.45, 2.75) is 219 Å². The lowest BCUT2D eigenvalue weighted by molar-refractivity contribution is -0.153. The number of aliphatic hydroxyl groups is 1. The first-order valence-corrected chi connectivity index (χ1v) is 22.4. The lowest BCUT2D eigenvalue weighted by Crippen LogP contribution is -2.27. The number of esters is 1. The first-order valence-electron chi connectivity index (χ1n) is 22.4. The summed E-state index contributed by atoms with van der Waals surface area (Å²) in [5.74, 6) is -0.325. The smallest absolute Gasteiger partial charge is 0.310 e. The monoisotopic (exact) mass is 727 g/mol. The molecule has 0 saturated carbocycles. The van der Waals surface area contributed by atoms with E-state index in [-0.39, 0.29) is 25.6 Å². The van der Waals surface area contributed by atoms with E-state index >= 15 is 0 Å². The van der Waals surface area contributed by atoms with Gasteiger partial charge in [0.1, 0.15) is 6.10 Å². The molecule has 4 nitrogen and oxygen atoms in total. The van der Waals surface area contributed by atoms with Crippen LogP contribution in [0.5, 0.6) is 0 Å². The number of unbranched alkanes of at least 4 members (excludes halogenated alkanes) is 24. The van der Waals surface area contributed by atoms with Crippen LogP contribution in [0.1, 0.15) is 213 Å². The average Bonchev–Trinajstić information content (AvgIpc) is 3.15. The molecule has 0 aliphatic carbocycles. The van der Waals surface area contributed by atoms with Crippen LogP contribution in [0.2, 0.25) is 0 Å². The number of carbonyl (C=O) groups excluding carboxylic acids is 1. The van der Waals surface area contributed by atoms with Crippen molar-refractivity contribution in [2.75, 3.05) is 19.8 Å². The SMILES string of the molecule is CC/C=C\C/C=C\C/C=C\C/C=C\C/C=C\CC(=O)OC(CO)COCCCCCCCCCCCCCCCCCCCCCCCCCCC. The Morgan fingerprint density at radius 2 is 0.788 bits per heavy atom. The van der Waals surface area contributed by atoms with E-state index in [1.807, 2.05) is 12.2 Å². The maximum atomic E-state index is 12.1. The first-order chi connectivity index (χ1) is 25.7. The highest BCUT2D eigenvalue weighted by molar-refractivity contribution is 5.71. The third-order valence-electron chi connectivity index (χ3n) is 9.64. The molecular weight excluding hydrogens is 641 g/mol. The fourth-order valence-corrected chi connectivity index (χ4v) is 6.35. The van der Waals surface area contributed by atoms with Crippen molar-refractivity contribution in [3.8, 4) is 0 Å². The van der Waals surface area contributed by atoms with Gasteiger partial charge in [0, 0.05) is 6.61 Å². The molecule has 0 amide bonds. The van der Waals surface area contributed by atoms with Gasteiger partial charge < -0.3 is 14.6 Å². The highest BCUT2D eigenvalue weighted by atomic mass is 16.6. The molecule has 4 heteroatoms. The Labute approximate surface area is 324 Å². The molecule has 1 N–H and O–H groups in total. The zero-order valence-electron chi connectivity index (χ0n) is 34.6. The van der Waals surface area contributed by atoms with Crippen LogP contribution >= 0.6 is 0 Å². The lowest BCUT2D eigenvalue weighted by atomic mass is 10.0. The summed E-state index contributed by atoms with van der Waals surface area (Å²) in [7, 11) is 0. The van der Waals surface area contributed by atoms with Gasteiger partial charge >= 0.3 is 5.97 Å². The number of hydrogen-bond acceptors (Lipinski definition) is 4. The van der Waals surface area contributed by atoms with Crippen LogP contribution in [0.25, 0.3) is 0 Å². The van der Waals surface area contributed by atoms with Crippen LogP contribution in [-0.2, 0) is 14.3 Å². The number of allylic oxidation sites excluding steroid dienone is 9. The van der Waals surface area contributed by atoms with Gasteiger partial charge in [-0.15, -0.1) is 0 Å². The number of hydrogen-bond donors (Lipinski definition) is 1. The molecule has 1 atom stereocenters. The van der Waals surface area contributed by atoms with Gasteiger partial charge in [-0.1, -0.05) is 229 Å². The Kier molecular flexibility index (Phi) is 43.6. The number of carbonyl (C=O) groups is 1. The fraction of sp³-hybridized carbons (Fsp3) is 0.771. The molecule has 0 fully saturated rings. The van der Waals surface area contributed by atoms with Gasteiger partial charge in [0.25, 0.3) is 0 Å². The van der Waals surface area contributed by atoms with Gasteiger partial charge in [0.05, 0.1) is 19.6 Å².